The molecule has 7 heteroatoms. The van der Waals surface area contributed by atoms with E-state index in [0.717, 1.165) is 35.4 Å². The zero-order valence-electron chi connectivity index (χ0n) is 11.9. The van der Waals surface area contributed by atoms with E-state index in [1.54, 1.807) is 6.07 Å². The van der Waals surface area contributed by atoms with Gasteiger partial charge in [0.25, 0.3) is 0 Å². The molecule has 3 N–H and O–H groups in total. The second-order valence-electron chi connectivity index (χ2n) is 5.17. The van der Waals surface area contributed by atoms with Crippen molar-refractivity contribution in [2.75, 3.05) is 6.26 Å². The van der Waals surface area contributed by atoms with E-state index in [-0.39, 0.29) is 6.04 Å². The standard InChI is InChI=1S/C13H22N2O2S3/c1-9-13(7-12(8-14)19-9)20(16,17)15-10-3-5-11(18-2)6-4-10/h7,10-11,15H,3-6,8,14H2,1-2H3. The SMILES string of the molecule is CSC1CCC(NS(=O)(=O)c2cc(CN)sc2C)CC1. The van der Waals surface area contributed by atoms with E-state index in [1.807, 2.05) is 18.7 Å². The largest absolute Gasteiger partial charge is 0.326 e. The molecule has 1 saturated carbocycles. The van der Waals surface area contributed by atoms with E-state index in [0.29, 0.717) is 16.7 Å². The lowest BCUT2D eigenvalue weighted by atomic mass is 9.96. The molecule has 0 unspecified atom stereocenters. The van der Waals surface area contributed by atoms with Crippen LogP contribution in [0.5, 0.6) is 0 Å². The van der Waals surface area contributed by atoms with Crippen LogP contribution in [0.4, 0.5) is 0 Å². The molecule has 4 nitrogen and oxygen atoms in total. The van der Waals surface area contributed by atoms with Gasteiger partial charge in [0.15, 0.2) is 0 Å². The zero-order valence-corrected chi connectivity index (χ0v) is 14.3. The molecule has 0 spiro atoms. The maximum absolute atomic E-state index is 12.5. The molecule has 0 aliphatic heterocycles. The second kappa shape index (κ2) is 6.79. The molecular formula is C13H22N2O2S3. The Morgan fingerprint density at radius 3 is 2.55 bits per heavy atom. The highest BCUT2D eigenvalue weighted by Crippen LogP contribution is 2.29. The summed E-state index contributed by atoms with van der Waals surface area (Å²) in [7, 11) is -3.41. The number of sulfonamides is 1. The highest BCUT2D eigenvalue weighted by molar-refractivity contribution is 7.99. The first-order valence-electron chi connectivity index (χ1n) is 6.80. The Hall–Kier alpha value is -0.0800. The average molecular weight is 335 g/mol. The summed E-state index contributed by atoms with van der Waals surface area (Å²) in [5.74, 6) is 0. The van der Waals surface area contributed by atoms with Crippen molar-refractivity contribution in [3.05, 3.63) is 15.8 Å². The summed E-state index contributed by atoms with van der Waals surface area (Å²) in [4.78, 5) is 2.12. The van der Waals surface area contributed by atoms with Gasteiger partial charge in [0, 0.05) is 27.6 Å². The molecule has 1 aromatic heterocycles. The summed E-state index contributed by atoms with van der Waals surface area (Å²) in [6.07, 6.45) is 6.16. The van der Waals surface area contributed by atoms with Crippen LogP contribution in [0.2, 0.25) is 0 Å². The minimum atomic E-state index is -3.41. The maximum Gasteiger partial charge on any atom is 0.241 e. The van der Waals surface area contributed by atoms with Gasteiger partial charge in [0.2, 0.25) is 10.0 Å². The molecule has 1 aliphatic carbocycles. The van der Waals surface area contributed by atoms with Crippen molar-refractivity contribution in [1.29, 1.82) is 0 Å². The van der Waals surface area contributed by atoms with Crippen molar-refractivity contribution in [3.8, 4) is 0 Å². The van der Waals surface area contributed by atoms with Crippen molar-refractivity contribution in [3.63, 3.8) is 0 Å². The fourth-order valence-electron chi connectivity index (χ4n) is 2.59. The van der Waals surface area contributed by atoms with Gasteiger partial charge >= 0.3 is 0 Å². The first kappa shape index (κ1) is 16.3. The van der Waals surface area contributed by atoms with E-state index in [1.165, 1.54) is 11.3 Å². The highest BCUT2D eigenvalue weighted by Gasteiger charge is 2.27. The minimum absolute atomic E-state index is 0.0732. The second-order valence-corrected chi connectivity index (χ2v) is 9.33. The Morgan fingerprint density at radius 2 is 2.05 bits per heavy atom. The number of nitrogens with two attached hydrogens (primary N) is 1. The number of thioether (sulfide) groups is 1. The number of aryl methyl sites for hydroxylation is 1. The van der Waals surface area contributed by atoms with Crippen LogP contribution in [0.25, 0.3) is 0 Å². The van der Waals surface area contributed by atoms with Crippen LogP contribution < -0.4 is 10.5 Å². The van der Waals surface area contributed by atoms with Gasteiger partial charge < -0.3 is 5.73 Å². The van der Waals surface area contributed by atoms with Crippen LogP contribution >= 0.6 is 23.1 Å². The monoisotopic (exact) mass is 334 g/mol. The summed E-state index contributed by atoms with van der Waals surface area (Å²) in [5.41, 5.74) is 5.58. The molecule has 0 radical (unpaired) electrons. The van der Waals surface area contributed by atoms with Crippen LogP contribution in [-0.2, 0) is 16.6 Å². The average Bonchev–Trinajstić information content (AvgIpc) is 2.81. The van der Waals surface area contributed by atoms with Crippen molar-refractivity contribution in [2.45, 2.75) is 55.3 Å². The van der Waals surface area contributed by atoms with Crippen LogP contribution in [0.1, 0.15) is 35.4 Å². The third-order valence-corrected chi connectivity index (χ3v) is 7.73. The predicted molar refractivity (Wildman–Crippen MR) is 86.8 cm³/mol. The van der Waals surface area contributed by atoms with Crippen molar-refractivity contribution in [1.82, 2.24) is 4.72 Å². The zero-order chi connectivity index (χ0) is 14.8. The molecule has 2 rings (SSSR count). The number of hydrogen-bond donors (Lipinski definition) is 2. The number of nitrogens with one attached hydrogen (secondary N) is 1. The first-order valence-corrected chi connectivity index (χ1v) is 10.4. The molecule has 0 saturated heterocycles. The smallest absolute Gasteiger partial charge is 0.241 e. The van der Waals surface area contributed by atoms with E-state index < -0.39 is 10.0 Å². The number of thiophene rings is 1. The summed E-state index contributed by atoms with van der Waals surface area (Å²) in [6, 6.07) is 1.78. The Kier molecular flexibility index (Phi) is 5.53. The fraction of sp³-hybridized carbons (Fsp3) is 0.692. The highest BCUT2D eigenvalue weighted by atomic mass is 32.2. The van der Waals surface area contributed by atoms with Gasteiger partial charge in [-0.3, -0.25) is 0 Å². The molecule has 114 valence electrons. The Morgan fingerprint density at radius 1 is 1.40 bits per heavy atom. The first-order chi connectivity index (χ1) is 9.46. The van der Waals surface area contributed by atoms with E-state index >= 15 is 0 Å². The van der Waals surface area contributed by atoms with Crippen molar-refractivity contribution < 1.29 is 8.42 Å². The summed E-state index contributed by atoms with van der Waals surface area (Å²) >= 11 is 3.34. The molecule has 0 atom stereocenters. The molecule has 1 fully saturated rings. The minimum Gasteiger partial charge on any atom is -0.326 e. The van der Waals surface area contributed by atoms with Crippen molar-refractivity contribution >= 4 is 33.1 Å². The summed E-state index contributed by atoms with van der Waals surface area (Å²) in [6.45, 7) is 2.23. The van der Waals surface area contributed by atoms with Gasteiger partial charge in [-0.15, -0.1) is 11.3 Å². The molecule has 0 bridgehead atoms. The lowest BCUT2D eigenvalue weighted by Crippen LogP contribution is -2.38. The predicted octanol–water partition coefficient (Wildman–Crippen LogP) is 2.47. The molecule has 20 heavy (non-hydrogen) atoms. The maximum atomic E-state index is 12.5. The number of rotatable bonds is 5. The Labute approximate surface area is 129 Å². The quantitative estimate of drug-likeness (QED) is 0.867. The van der Waals surface area contributed by atoms with E-state index in [9.17, 15) is 8.42 Å². The van der Waals surface area contributed by atoms with Crippen molar-refractivity contribution in [2.24, 2.45) is 5.73 Å². The van der Waals surface area contributed by atoms with Crippen LogP contribution in [0.15, 0.2) is 11.0 Å². The van der Waals surface area contributed by atoms with E-state index in [2.05, 4.69) is 11.0 Å². The fourth-order valence-corrected chi connectivity index (χ4v) is 6.15. The molecular weight excluding hydrogens is 312 g/mol. The summed E-state index contributed by atoms with van der Waals surface area (Å²) < 4.78 is 27.8. The van der Waals surface area contributed by atoms with Gasteiger partial charge in [-0.1, -0.05) is 0 Å². The third-order valence-electron chi connectivity index (χ3n) is 3.74. The third kappa shape index (κ3) is 3.76. The van der Waals surface area contributed by atoms with Gasteiger partial charge in [0.05, 0.1) is 4.90 Å². The molecule has 1 aromatic rings. The Bertz CT molecular complexity index is 546. The van der Waals surface area contributed by atoms with Crippen LogP contribution in [-0.4, -0.2) is 26.0 Å². The topological polar surface area (TPSA) is 72.2 Å². The van der Waals surface area contributed by atoms with Gasteiger partial charge in [-0.2, -0.15) is 11.8 Å². The van der Waals surface area contributed by atoms with Gasteiger partial charge in [0.1, 0.15) is 0 Å². The Balaban J connectivity index is 2.06. The molecule has 1 aliphatic rings. The molecule has 0 amide bonds. The van der Waals surface area contributed by atoms with Gasteiger partial charge in [-0.25, -0.2) is 13.1 Å². The lowest BCUT2D eigenvalue weighted by molar-refractivity contribution is 0.420. The van der Waals surface area contributed by atoms with Crippen LogP contribution in [0, 0.1) is 6.92 Å². The van der Waals surface area contributed by atoms with Crippen LogP contribution in [0.3, 0.4) is 0 Å². The lowest BCUT2D eigenvalue weighted by Gasteiger charge is -2.27. The molecule has 0 aromatic carbocycles. The summed E-state index contributed by atoms with van der Waals surface area (Å²) in [5, 5.41) is 0.683. The number of hydrogen-bond acceptors (Lipinski definition) is 5. The molecule has 1 heterocycles. The van der Waals surface area contributed by atoms with E-state index in [4.69, 9.17) is 5.73 Å². The normalized spacial score (nSPS) is 23.9. The van der Waals surface area contributed by atoms with Gasteiger partial charge in [-0.05, 0) is 44.9 Å².